The Balaban J connectivity index is 1.51. The summed E-state index contributed by atoms with van der Waals surface area (Å²) < 4.78 is 38.9. The summed E-state index contributed by atoms with van der Waals surface area (Å²) in [4.78, 5) is 12.7. The minimum absolute atomic E-state index is 0.0632. The van der Waals surface area contributed by atoms with E-state index in [0.717, 1.165) is 31.2 Å². The molecule has 33 heavy (non-hydrogen) atoms. The van der Waals surface area contributed by atoms with E-state index in [1.54, 1.807) is 6.92 Å². The molecule has 1 aliphatic heterocycles. The maximum Gasteiger partial charge on any atom is 0.338 e. The zero-order valence-corrected chi connectivity index (χ0v) is 19.7. The lowest BCUT2D eigenvalue weighted by Gasteiger charge is -2.21. The van der Waals surface area contributed by atoms with Gasteiger partial charge in [-0.1, -0.05) is 42.6 Å². The molecule has 2 aromatic carbocycles. The van der Waals surface area contributed by atoms with Crippen molar-refractivity contribution in [1.29, 1.82) is 0 Å². The minimum Gasteiger partial charge on any atom is -0.449 e. The summed E-state index contributed by atoms with van der Waals surface area (Å²) in [6, 6.07) is 13.3. The Bertz CT molecular complexity index is 1220. The van der Waals surface area contributed by atoms with Crippen LogP contribution in [0.5, 0.6) is 0 Å². The number of esters is 1. The Morgan fingerprint density at radius 2 is 1.76 bits per heavy atom. The highest BCUT2D eigenvalue weighted by Gasteiger charge is 2.29. The number of nitrogens with zero attached hydrogens (tertiary/aromatic N) is 3. The summed E-state index contributed by atoms with van der Waals surface area (Å²) in [7, 11) is -3.83. The van der Waals surface area contributed by atoms with Crippen molar-refractivity contribution in [3.05, 3.63) is 65.0 Å². The molecule has 0 amide bonds. The number of halogens is 1. The second-order valence-electron chi connectivity index (χ2n) is 7.82. The Hall–Kier alpha value is -2.75. The van der Waals surface area contributed by atoms with Crippen LogP contribution in [0.15, 0.2) is 57.8 Å². The summed E-state index contributed by atoms with van der Waals surface area (Å²) in [6.07, 6.45) is 2.75. The van der Waals surface area contributed by atoms with Gasteiger partial charge in [0.1, 0.15) is 4.90 Å². The van der Waals surface area contributed by atoms with Gasteiger partial charge in [-0.2, -0.15) is 4.31 Å². The fourth-order valence-electron chi connectivity index (χ4n) is 3.62. The SMILES string of the molecule is CC(OC(=O)c1ccc(Cl)c(S(=O)(=O)N2CCCCCC2)c1)c1nnc(-c2ccccc2)o1. The Morgan fingerprint density at radius 1 is 1.06 bits per heavy atom. The first-order valence-corrected chi connectivity index (χ1v) is 12.6. The van der Waals surface area contributed by atoms with Crippen LogP contribution in [0.1, 0.15) is 55.0 Å². The van der Waals surface area contributed by atoms with E-state index in [1.165, 1.54) is 22.5 Å². The fraction of sp³-hybridized carbons (Fsp3) is 0.348. The number of rotatable bonds is 6. The summed E-state index contributed by atoms with van der Waals surface area (Å²) in [5.74, 6) is -0.273. The predicted octanol–water partition coefficient (Wildman–Crippen LogP) is 4.87. The van der Waals surface area contributed by atoms with Gasteiger partial charge in [-0.15, -0.1) is 10.2 Å². The molecule has 1 unspecified atom stereocenters. The molecule has 4 rings (SSSR count). The lowest BCUT2D eigenvalue weighted by atomic mass is 10.2. The number of hydrogen-bond acceptors (Lipinski definition) is 7. The molecule has 0 aliphatic carbocycles. The molecule has 10 heteroatoms. The van der Waals surface area contributed by atoms with Gasteiger partial charge in [0.05, 0.1) is 10.6 Å². The van der Waals surface area contributed by atoms with Crippen LogP contribution in [0.4, 0.5) is 0 Å². The van der Waals surface area contributed by atoms with Gasteiger partial charge in [-0.25, -0.2) is 13.2 Å². The Kier molecular flexibility index (Phi) is 7.11. The van der Waals surface area contributed by atoms with Crippen LogP contribution in [0.25, 0.3) is 11.5 Å². The van der Waals surface area contributed by atoms with Crippen LogP contribution >= 0.6 is 11.6 Å². The summed E-state index contributed by atoms with van der Waals surface area (Å²) >= 11 is 6.22. The smallest absolute Gasteiger partial charge is 0.338 e. The van der Waals surface area contributed by atoms with Gasteiger partial charge in [-0.05, 0) is 50.1 Å². The first-order valence-electron chi connectivity index (χ1n) is 10.8. The van der Waals surface area contributed by atoms with Gasteiger partial charge in [0.2, 0.25) is 15.9 Å². The van der Waals surface area contributed by atoms with Crippen LogP contribution in [0.3, 0.4) is 0 Å². The van der Waals surface area contributed by atoms with Gasteiger partial charge < -0.3 is 9.15 Å². The molecular weight excluding hydrogens is 466 g/mol. The topological polar surface area (TPSA) is 103 Å². The van der Waals surface area contributed by atoms with Gasteiger partial charge in [0, 0.05) is 18.7 Å². The fourth-order valence-corrected chi connectivity index (χ4v) is 5.64. The number of ether oxygens (including phenoxy) is 1. The highest BCUT2D eigenvalue weighted by molar-refractivity contribution is 7.89. The zero-order chi connectivity index (χ0) is 23.4. The van der Waals surface area contributed by atoms with Crippen molar-refractivity contribution in [2.75, 3.05) is 13.1 Å². The lowest BCUT2D eigenvalue weighted by Crippen LogP contribution is -2.32. The average molecular weight is 490 g/mol. The number of sulfonamides is 1. The molecule has 1 aromatic heterocycles. The second kappa shape index (κ2) is 10.0. The van der Waals surface area contributed by atoms with Crippen molar-refractivity contribution < 1.29 is 22.4 Å². The van der Waals surface area contributed by atoms with Crippen molar-refractivity contribution in [3.8, 4) is 11.5 Å². The van der Waals surface area contributed by atoms with E-state index in [9.17, 15) is 13.2 Å². The van der Waals surface area contributed by atoms with E-state index in [0.29, 0.717) is 19.0 Å². The van der Waals surface area contributed by atoms with Crippen LogP contribution in [-0.4, -0.2) is 42.0 Å². The molecule has 1 fully saturated rings. The van der Waals surface area contributed by atoms with Crippen molar-refractivity contribution in [2.45, 2.75) is 43.6 Å². The Labute approximate surface area is 197 Å². The maximum atomic E-state index is 13.2. The number of hydrogen-bond donors (Lipinski definition) is 0. The summed E-state index contributed by atoms with van der Waals surface area (Å²) in [5.41, 5.74) is 0.818. The molecule has 0 spiro atoms. The molecule has 0 radical (unpaired) electrons. The van der Waals surface area contributed by atoms with Crippen molar-refractivity contribution in [3.63, 3.8) is 0 Å². The van der Waals surface area contributed by atoms with Crippen LogP contribution in [0, 0.1) is 0 Å². The molecule has 1 aliphatic rings. The number of benzene rings is 2. The van der Waals surface area contributed by atoms with Crippen molar-refractivity contribution in [2.24, 2.45) is 0 Å². The maximum absolute atomic E-state index is 13.2. The quantitative estimate of drug-likeness (QED) is 0.455. The van der Waals surface area contributed by atoms with E-state index < -0.39 is 22.1 Å². The third kappa shape index (κ3) is 5.26. The average Bonchev–Trinajstić information content (AvgIpc) is 3.14. The lowest BCUT2D eigenvalue weighted by molar-refractivity contribution is 0.0279. The number of carbonyl (C=O) groups excluding carboxylic acids is 1. The van der Waals surface area contributed by atoms with Gasteiger partial charge in [0.15, 0.2) is 6.10 Å². The van der Waals surface area contributed by atoms with Gasteiger partial charge in [-0.3, -0.25) is 0 Å². The molecule has 8 nitrogen and oxygen atoms in total. The predicted molar refractivity (Wildman–Crippen MR) is 122 cm³/mol. The Morgan fingerprint density at radius 3 is 2.45 bits per heavy atom. The zero-order valence-electron chi connectivity index (χ0n) is 18.1. The number of carbonyl (C=O) groups is 1. The second-order valence-corrected chi connectivity index (χ2v) is 10.1. The highest BCUT2D eigenvalue weighted by Crippen LogP contribution is 2.29. The van der Waals surface area contributed by atoms with E-state index in [1.807, 2.05) is 30.3 Å². The minimum atomic E-state index is -3.83. The van der Waals surface area contributed by atoms with Gasteiger partial charge >= 0.3 is 5.97 Å². The summed E-state index contributed by atoms with van der Waals surface area (Å²) in [5, 5.41) is 8.02. The molecular formula is C23H24ClN3O5S. The monoisotopic (exact) mass is 489 g/mol. The third-order valence-corrected chi connectivity index (χ3v) is 7.82. The molecule has 174 valence electrons. The van der Waals surface area contributed by atoms with Crippen LogP contribution in [-0.2, 0) is 14.8 Å². The van der Waals surface area contributed by atoms with E-state index in [2.05, 4.69) is 10.2 Å². The molecule has 1 atom stereocenters. The van der Waals surface area contributed by atoms with Crippen LogP contribution < -0.4 is 0 Å². The molecule has 0 N–H and O–H groups in total. The largest absolute Gasteiger partial charge is 0.449 e. The highest BCUT2D eigenvalue weighted by atomic mass is 35.5. The van der Waals surface area contributed by atoms with Gasteiger partial charge in [0.25, 0.3) is 5.89 Å². The molecule has 0 saturated carbocycles. The first kappa shape index (κ1) is 23.4. The van der Waals surface area contributed by atoms with E-state index >= 15 is 0 Å². The summed E-state index contributed by atoms with van der Waals surface area (Å²) in [6.45, 7) is 2.47. The van der Waals surface area contributed by atoms with Crippen LogP contribution in [0.2, 0.25) is 5.02 Å². The normalized spacial score (nSPS) is 16.2. The van der Waals surface area contributed by atoms with E-state index in [4.69, 9.17) is 20.8 Å². The molecule has 0 bridgehead atoms. The molecule has 1 saturated heterocycles. The number of aromatic nitrogens is 2. The third-order valence-electron chi connectivity index (χ3n) is 5.44. The molecule has 2 heterocycles. The standard InChI is InChI=1S/C23H24ClN3O5S/c1-16(21-25-26-22(32-21)17-9-5-4-6-10-17)31-23(28)18-11-12-19(24)20(15-18)33(29,30)27-13-7-2-3-8-14-27/h4-6,9-12,15-16H,2-3,7-8,13-14H2,1H3. The first-order chi connectivity index (χ1) is 15.9. The van der Waals surface area contributed by atoms with Crippen molar-refractivity contribution in [1.82, 2.24) is 14.5 Å². The molecule has 3 aromatic rings. The van der Waals surface area contributed by atoms with E-state index in [-0.39, 0.29) is 21.4 Å². The van der Waals surface area contributed by atoms with Crippen molar-refractivity contribution >= 4 is 27.6 Å².